The van der Waals surface area contributed by atoms with Gasteiger partial charge < -0.3 is 0 Å². The van der Waals surface area contributed by atoms with E-state index < -0.39 is 4.92 Å². The van der Waals surface area contributed by atoms with Crippen LogP contribution in [0.2, 0.25) is 0 Å². The lowest BCUT2D eigenvalue weighted by atomic mass is 10.1. The number of nitrogens with zero attached hydrogens (tertiary/aromatic N) is 2. The molecule has 0 radical (unpaired) electrons. The van der Waals surface area contributed by atoms with E-state index in [4.69, 9.17) is 0 Å². The number of hydrogen-bond donors (Lipinski definition) is 0. The SMILES string of the molecule is O=C(C[n+]1ccccc1C[N+](=O)[O-])c1ccccc1. The molecule has 0 spiro atoms. The minimum atomic E-state index is -0.404. The fourth-order valence-corrected chi connectivity index (χ4v) is 1.81. The zero-order chi connectivity index (χ0) is 13.7. The van der Waals surface area contributed by atoms with E-state index in [2.05, 4.69) is 0 Å². The van der Waals surface area contributed by atoms with Gasteiger partial charge in [-0.05, 0) is 6.07 Å². The van der Waals surface area contributed by atoms with Crippen LogP contribution < -0.4 is 4.57 Å². The molecule has 0 bridgehead atoms. The van der Waals surface area contributed by atoms with Crippen molar-refractivity contribution in [1.29, 1.82) is 0 Å². The maximum atomic E-state index is 12.1. The molecule has 5 heteroatoms. The quantitative estimate of drug-likeness (QED) is 0.354. The van der Waals surface area contributed by atoms with Crippen LogP contribution in [0.4, 0.5) is 0 Å². The molecule has 2 aromatic rings. The van der Waals surface area contributed by atoms with Crippen molar-refractivity contribution in [2.45, 2.75) is 13.1 Å². The first-order valence-corrected chi connectivity index (χ1v) is 5.84. The second kappa shape index (κ2) is 5.86. The van der Waals surface area contributed by atoms with E-state index in [0.29, 0.717) is 11.3 Å². The number of rotatable bonds is 5. The van der Waals surface area contributed by atoms with Crippen molar-refractivity contribution in [3.05, 3.63) is 76.1 Å². The number of pyridine rings is 1. The fourth-order valence-electron chi connectivity index (χ4n) is 1.81. The van der Waals surface area contributed by atoms with Gasteiger partial charge in [0.05, 0.1) is 0 Å². The molecule has 0 amide bonds. The van der Waals surface area contributed by atoms with Crippen LogP contribution in [-0.4, -0.2) is 10.7 Å². The number of carbonyl (C=O) groups is 1. The van der Waals surface area contributed by atoms with Crippen molar-refractivity contribution in [3.63, 3.8) is 0 Å². The molecule has 0 saturated carbocycles. The Kier molecular flexibility index (Phi) is 3.97. The largest absolute Gasteiger partial charge is 0.287 e. The molecule has 1 aromatic heterocycles. The Morgan fingerprint density at radius 1 is 1.11 bits per heavy atom. The minimum Gasteiger partial charge on any atom is -0.287 e. The van der Waals surface area contributed by atoms with Gasteiger partial charge in [0.15, 0.2) is 6.20 Å². The van der Waals surface area contributed by atoms with E-state index in [0.717, 1.165) is 0 Å². The van der Waals surface area contributed by atoms with Crippen LogP contribution in [0.25, 0.3) is 0 Å². The van der Waals surface area contributed by atoms with Gasteiger partial charge in [0, 0.05) is 22.6 Å². The van der Waals surface area contributed by atoms with Crippen LogP contribution in [0, 0.1) is 10.1 Å². The highest BCUT2D eigenvalue weighted by Crippen LogP contribution is 2.01. The molecule has 96 valence electrons. The Morgan fingerprint density at radius 3 is 2.47 bits per heavy atom. The van der Waals surface area contributed by atoms with Crippen molar-refractivity contribution in [2.24, 2.45) is 0 Å². The van der Waals surface area contributed by atoms with Gasteiger partial charge in [0.1, 0.15) is 0 Å². The van der Waals surface area contributed by atoms with Gasteiger partial charge in [-0.1, -0.05) is 30.3 Å². The molecule has 1 heterocycles. The Morgan fingerprint density at radius 2 is 1.79 bits per heavy atom. The first kappa shape index (κ1) is 12.9. The summed E-state index contributed by atoms with van der Waals surface area (Å²) in [7, 11) is 0. The molecule has 0 atom stereocenters. The summed E-state index contributed by atoms with van der Waals surface area (Å²) in [6.07, 6.45) is 1.68. The highest BCUT2D eigenvalue weighted by Gasteiger charge is 2.19. The van der Waals surface area contributed by atoms with Crippen molar-refractivity contribution >= 4 is 5.78 Å². The van der Waals surface area contributed by atoms with Crippen LogP contribution in [0.1, 0.15) is 16.1 Å². The maximum absolute atomic E-state index is 12.1. The van der Waals surface area contributed by atoms with Gasteiger partial charge in [-0.25, -0.2) is 0 Å². The summed E-state index contributed by atoms with van der Waals surface area (Å²) in [4.78, 5) is 22.2. The molecular formula is C14H13N2O3+. The van der Waals surface area contributed by atoms with E-state index in [1.165, 1.54) is 0 Å². The van der Waals surface area contributed by atoms with Gasteiger partial charge in [0.2, 0.25) is 12.3 Å². The summed E-state index contributed by atoms with van der Waals surface area (Å²) in [6, 6.07) is 14.0. The zero-order valence-corrected chi connectivity index (χ0v) is 10.2. The second-order valence-electron chi connectivity index (χ2n) is 4.10. The molecular weight excluding hydrogens is 244 g/mol. The Hall–Kier alpha value is -2.56. The predicted molar refractivity (Wildman–Crippen MR) is 68.1 cm³/mol. The van der Waals surface area contributed by atoms with Gasteiger partial charge >= 0.3 is 0 Å². The highest BCUT2D eigenvalue weighted by atomic mass is 16.6. The molecule has 0 unspecified atom stereocenters. The zero-order valence-electron chi connectivity index (χ0n) is 10.2. The number of nitro groups is 1. The van der Waals surface area contributed by atoms with E-state index in [1.807, 2.05) is 6.07 Å². The molecule has 0 aliphatic heterocycles. The molecule has 0 saturated heterocycles. The number of aromatic nitrogens is 1. The van der Waals surface area contributed by atoms with Crippen LogP contribution in [0.15, 0.2) is 54.7 Å². The number of ketones is 1. The summed E-state index contributed by atoms with van der Waals surface area (Å²) in [5.41, 5.74) is 1.11. The van der Waals surface area contributed by atoms with Crippen molar-refractivity contribution < 1.29 is 14.3 Å². The lowest BCUT2D eigenvalue weighted by Crippen LogP contribution is -2.42. The summed E-state index contributed by atoms with van der Waals surface area (Å²) >= 11 is 0. The maximum Gasteiger partial charge on any atom is 0.286 e. The normalized spacial score (nSPS) is 10.1. The Labute approximate surface area is 110 Å². The molecule has 5 nitrogen and oxygen atoms in total. The van der Waals surface area contributed by atoms with Crippen molar-refractivity contribution in [1.82, 2.24) is 0 Å². The Balaban J connectivity index is 2.19. The third-order valence-corrected chi connectivity index (χ3v) is 2.74. The summed E-state index contributed by atoms with van der Waals surface area (Å²) in [6.45, 7) is -0.184. The lowest BCUT2D eigenvalue weighted by molar-refractivity contribution is -0.704. The van der Waals surface area contributed by atoms with Crippen LogP contribution in [-0.2, 0) is 13.1 Å². The Bertz CT molecular complexity index is 597. The molecule has 0 fully saturated rings. The summed E-state index contributed by atoms with van der Waals surface area (Å²) in [5.74, 6) is -0.0682. The second-order valence-corrected chi connectivity index (χ2v) is 4.10. The van der Waals surface area contributed by atoms with Crippen molar-refractivity contribution in [3.8, 4) is 0 Å². The minimum absolute atomic E-state index is 0.0682. The number of hydrogen-bond acceptors (Lipinski definition) is 3. The first-order chi connectivity index (χ1) is 9.16. The summed E-state index contributed by atoms with van der Waals surface area (Å²) in [5, 5.41) is 10.6. The molecule has 0 aliphatic carbocycles. The molecule has 0 aliphatic rings. The topological polar surface area (TPSA) is 64.1 Å². The number of carbonyl (C=O) groups excluding carboxylic acids is 1. The van der Waals surface area contributed by atoms with E-state index in [-0.39, 0.29) is 18.9 Å². The first-order valence-electron chi connectivity index (χ1n) is 5.84. The van der Waals surface area contributed by atoms with Crippen LogP contribution in [0.3, 0.4) is 0 Å². The predicted octanol–water partition coefficient (Wildman–Crippen LogP) is 1.63. The average molecular weight is 257 g/mol. The monoisotopic (exact) mass is 257 g/mol. The fraction of sp³-hybridized carbons (Fsp3) is 0.143. The third kappa shape index (κ3) is 3.45. The smallest absolute Gasteiger partial charge is 0.286 e. The van der Waals surface area contributed by atoms with Crippen molar-refractivity contribution in [2.75, 3.05) is 0 Å². The van der Waals surface area contributed by atoms with E-state index >= 15 is 0 Å². The highest BCUT2D eigenvalue weighted by molar-refractivity contribution is 5.94. The lowest BCUT2D eigenvalue weighted by Gasteiger charge is -2.01. The van der Waals surface area contributed by atoms with Gasteiger partial charge in [-0.2, -0.15) is 4.57 Å². The molecule has 19 heavy (non-hydrogen) atoms. The van der Waals surface area contributed by atoms with Gasteiger partial charge in [-0.15, -0.1) is 0 Å². The van der Waals surface area contributed by atoms with Crippen LogP contribution in [0.5, 0.6) is 0 Å². The van der Waals surface area contributed by atoms with E-state index in [1.54, 1.807) is 53.2 Å². The number of benzene rings is 1. The average Bonchev–Trinajstić information content (AvgIpc) is 2.41. The van der Waals surface area contributed by atoms with E-state index in [9.17, 15) is 14.9 Å². The number of Topliss-reactive ketones (excluding diaryl/α,β-unsaturated/α-hetero) is 1. The van der Waals surface area contributed by atoms with Gasteiger partial charge in [-0.3, -0.25) is 14.9 Å². The summed E-state index contributed by atoms with van der Waals surface area (Å²) < 4.78 is 1.61. The molecule has 0 N–H and O–H groups in total. The van der Waals surface area contributed by atoms with Gasteiger partial charge in [0.25, 0.3) is 12.2 Å². The van der Waals surface area contributed by atoms with Crippen LogP contribution >= 0.6 is 0 Å². The standard InChI is InChI=1S/C14H13N2O3/c17-14(12-6-2-1-3-7-12)11-15-9-5-4-8-13(15)10-16(18)19/h1-9H,10-11H2/q+1. The third-order valence-electron chi connectivity index (χ3n) is 2.74. The molecule has 2 rings (SSSR count). The molecule has 1 aromatic carbocycles.